The summed E-state index contributed by atoms with van der Waals surface area (Å²) in [6, 6.07) is 2.14. The number of amides is 1. The highest BCUT2D eigenvalue weighted by atomic mass is 32.2. The monoisotopic (exact) mass is 300 g/mol. The number of hydrogen-bond acceptors (Lipinski definition) is 3. The second kappa shape index (κ2) is 6.92. The predicted molar refractivity (Wildman–Crippen MR) is 76.5 cm³/mol. The number of carbonyl (C=O) groups excluding carboxylic acids is 1. The Bertz CT molecular complexity index is 465. The maximum Gasteiger partial charge on any atom is 0.232 e. The molecular weight excluding hydrogens is 282 g/mol. The third kappa shape index (κ3) is 3.85. The first-order chi connectivity index (χ1) is 9.58. The Kier molecular flexibility index (Phi) is 5.23. The van der Waals surface area contributed by atoms with Crippen LogP contribution in [0.25, 0.3) is 0 Å². The van der Waals surface area contributed by atoms with E-state index in [1.807, 2.05) is 0 Å². The fourth-order valence-corrected chi connectivity index (χ4v) is 3.11. The summed E-state index contributed by atoms with van der Waals surface area (Å²) < 4.78 is 27.2. The van der Waals surface area contributed by atoms with Gasteiger partial charge >= 0.3 is 0 Å². The van der Waals surface area contributed by atoms with Crippen molar-refractivity contribution in [3.8, 4) is 0 Å². The van der Waals surface area contributed by atoms with Crippen LogP contribution in [0.5, 0.6) is 0 Å². The molecule has 0 unspecified atom stereocenters. The van der Waals surface area contributed by atoms with Gasteiger partial charge in [-0.05, 0) is 25.0 Å². The van der Waals surface area contributed by atoms with Crippen molar-refractivity contribution in [3.05, 3.63) is 23.8 Å². The zero-order valence-electron chi connectivity index (χ0n) is 11.2. The van der Waals surface area contributed by atoms with Crippen molar-refractivity contribution < 1.29 is 13.6 Å². The summed E-state index contributed by atoms with van der Waals surface area (Å²) in [5.41, 5.74) is 5.40. The van der Waals surface area contributed by atoms with Gasteiger partial charge in [-0.2, -0.15) is 0 Å². The zero-order valence-corrected chi connectivity index (χ0v) is 12.0. The van der Waals surface area contributed by atoms with Crippen LogP contribution < -0.4 is 5.73 Å². The molecule has 2 rings (SSSR count). The van der Waals surface area contributed by atoms with Gasteiger partial charge in [-0.1, -0.05) is 12.8 Å². The Morgan fingerprint density at radius 3 is 2.25 bits per heavy atom. The summed E-state index contributed by atoms with van der Waals surface area (Å²) in [6.07, 6.45) is 4.28. The zero-order chi connectivity index (χ0) is 14.5. The standard InChI is InChI=1S/C14H18F2N2OS/c15-11-7-10(17)8-12(16)14(11)20-9-13(19)18-5-3-1-2-4-6-18/h7-8H,1-6,9,17H2. The lowest BCUT2D eigenvalue weighted by Gasteiger charge is -2.20. The number of nitrogen functional groups attached to an aromatic ring is 1. The first-order valence-electron chi connectivity index (χ1n) is 6.73. The highest BCUT2D eigenvalue weighted by molar-refractivity contribution is 8.00. The average Bonchev–Trinajstić information content (AvgIpc) is 2.66. The molecule has 0 atom stereocenters. The largest absolute Gasteiger partial charge is 0.399 e. The second-order valence-electron chi connectivity index (χ2n) is 4.90. The molecule has 1 aromatic carbocycles. The molecule has 1 aliphatic rings. The summed E-state index contributed by atoms with van der Waals surface area (Å²) in [5.74, 6) is -1.43. The molecule has 6 heteroatoms. The van der Waals surface area contributed by atoms with Crippen molar-refractivity contribution >= 4 is 23.4 Å². The predicted octanol–water partition coefficient (Wildman–Crippen LogP) is 3.04. The molecule has 1 aromatic rings. The number of nitrogens with zero attached hydrogens (tertiary/aromatic N) is 1. The van der Waals surface area contributed by atoms with Crippen molar-refractivity contribution in [1.29, 1.82) is 0 Å². The molecule has 20 heavy (non-hydrogen) atoms. The van der Waals surface area contributed by atoms with Crippen molar-refractivity contribution in [3.63, 3.8) is 0 Å². The number of likely N-dealkylation sites (tertiary alicyclic amines) is 1. The van der Waals surface area contributed by atoms with E-state index in [0.29, 0.717) is 0 Å². The van der Waals surface area contributed by atoms with E-state index in [1.54, 1.807) is 4.90 Å². The number of benzene rings is 1. The van der Waals surface area contributed by atoms with Crippen LogP contribution >= 0.6 is 11.8 Å². The van der Waals surface area contributed by atoms with Gasteiger partial charge < -0.3 is 10.6 Å². The molecule has 0 spiro atoms. The van der Waals surface area contributed by atoms with Crippen LogP contribution in [-0.2, 0) is 4.79 Å². The van der Waals surface area contributed by atoms with E-state index in [-0.39, 0.29) is 22.2 Å². The minimum absolute atomic E-state index is 0.0446. The first kappa shape index (κ1) is 15.1. The lowest BCUT2D eigenvalue weighted by atomic mass is 10.2. The van der Waals surface area contributed by atoms with Crippen LogP contribution in [0.2, 0.25) is 0 Å². The molecule has 1 amide bonds. The van der Waals surface area contributed by atoms with E-state index in [2.05, 4.69) is 0 Å². The Morgan fingerprint density at radius 2 is 1.70 bits per heavy atom. The molecule has 0 aliphatic carbocycles. The van der Waals surface area contributed by atoms with Gasteiger partial charge in [0.05, 0.1) is 10.6 Å². The van der Waals surface area contributed by atoms with Crippen molar-refractivity contribution in [2.45, 2.75) is 30.6 Å². The van der Waals surface area contributed by atoms with Gasteiger partial charge in [0.2, 0.25) is 5.91 Å². The van der Waals surface area contributed by atoms with Crippen LogP contribution in [0.4, 0.5) is 14.5 Å². The third-order valence-corrected chi connectivity index (χ3v) is 4.39. The van der Waals surface area contributed by atoms with Crippen LogP contribution in [0.1, 0.15) is 25.7 Å². The third-order valence-electron chi connectivity index (χ3n) is 3.32. The Balaban J connectivity index is 1.96. The summed E-state index contributed by atoms with van der Waals surface area (Å²) >= 11 is 0.894. The van der Waals surface area contributed by atoms with E-state index < -0.39 is 11.6 Å². The fourth-order valence-electron chi connectivity index (χ4n) is 2.26. The molecule has 1 heterocycles. The number of carbonyl (C=O) groups is 1. The number of rotatable bonds is 3. The van der Waals surface area contributed by atoms with E-state index in [4.69, 9.17) is 5.73 Å². The van der Waals surface area contributed by atoms with Crippen LogP contribution in [0.3, 0.4) is 0 Å². The van der Waals surface area contributed by atoms with Crippen molar-refractivity contribution in [1.82, 2.24) is 4.90 Å². The van der Waals surface area contributed by atoms with Gasteiger partial charge in [0.1, 0.15) is 11.6 Å². The average molecular weight is 300 g/mol. The first-order valence-corrected chi connectivity index (χ1v) is 7.71. The molecule has 0 bridgehead atoms. The normalized spacial score (nSPS) is 16.0. The number of nitrogens with two attached hydrogens (primary N) is 1. The van der Waals surface area contributed by atoms with E-state index in [9.17, 15) is 13.6 Å². The Labute approximate surface area is 121 Å². The van der Waals surface area contributed by atoms with Crippen LogP contribution in [-0.4, -0.2) is 29.6 Å². The highest BCUT2D eigenvalue weighted by Gasteiger charge is 2.18. The highest BCUT2D eigenvalue weighted by Crippen LogP contribution is 2.27. The van der Waals surface area contributed by atoms with Gasteiger partial charge in [-0.15, -0.1) is 11.8 Å². The van der Waals surface area contributed by atoms with Gasteiger partial charge in [0.15, 0.2) is 0 Å². The molecule has 3 nitrogen and oxygen atoms in total. The lowest BCUT2D eigenvalue weighted by molar-refractivity contribution is -0.128. The van der Waals surface area contributed by atoms with Crippen LogP contribution in [0, 0.1) is 11.6 Å². The maximum absolute atomic E-state index is 13.6. The smallest absolute Gasteiger partial charge is 0.232 e. The number of anilines is 1. The van der Waals surface area contributed by atoms with Crippen LogP contribution in [0.15, 0.2) is 17.0 Å². The fraction of sp³-hybridized carbons (Fsp3) is 0.500. The quantitative estimate of drug-likeness (QED) is 0.689. The minimum Gasteiger partial charge on any atom is -0.399 e. The molecule has 1 fully saturated rings. The SMILES string of the molecule is Nc1cc(F)c(SCC(=O)N2CCCCCC2)c(F)c1. The molecule has 1 aliphatic heterocycles. The molecule has 0 aromatic heterocycles. The minimum atomic E-state index is -0.712. The molecule has 1 saturated heterocycles. The Morgan fingerprint density at radius 1 is 1.15 bits per heavy atom. The van der Waals surface area contributed by atoms with Gasteiger partial charge in [0.25, 0.3) is 0 Å². The second-order valence-corrected chi connectivity index (χ2v) is 5.88. The van der Waals surface area contributed by atoms with Gasteiger partial charge in [-0.3, -0.25) is 4.79 Å². The maximum atomic E-state index is 13.6. The summed E-state index contributed by atoms with van der Waals surface area (Å²) in [5, 5.41) is 0. The molecule has 0 radical (unpaired) electrons. The summed E-state index contributed by atoms with van der Waals surface area (Å²) in [7, 11) is 0. The summed E-state index contributed by atoms with van der Waals surface area (Å²) in [6.45, 7) is 1.48. The molecular formula is C14H18F2N2OS. The van der Waals surface area contributed by atoms with E-state index in [0.717, 1.165) is 62.7 Å². The summed E-state index contributed by atoms with van der Waals surface area (Å²) in [4.78, 5) is 13.7. The number of hydrogen-bond donors (Lipinski definition) is 1. The number of halogens is 2. The van der Waals surface area contributed by atoms with Gasteiger partial charge in [0, 0.05) is 18.8 Å². The topological polar surface area (TPSA) is 46.3 Å². The molecule has 0 saturated carbocycles. The Hall–Kier alpha value is -1.30. The molecule has 110 valence electrons. The van der Waals surface area contributed by atoms with Crippen molar-refractivity contribution in [2.75, 3.05) is 24.6 Å². The van der Waals surface area contributed by atoms with Gasteiger partial charge in [-0.25, -0.2) is 8.78 Å². The molecule has 2 N–H and O–H groups in total. The lowest BCUT2D eigenvalue weighted by Crippen LogP contribution is -2.33. The number of thioether (sulfide) groups is 1. The van der Waals surface area contributed by atoms with Crippen molar-refractivity contribution in [2.24, 2.45) is 0 Å². The van der Waals surface area contributed by atoms with E-state index in [1.165, 1.54) is 0 Å². The van der Waals surface area contributed by atoms with E-state index >= 15 is 0 Å².